The van der Waals surface area contributed by atoms with Gasteiger partial charge in [-0.3, -0.25) is 19.3 Å². The van der Waals surface area contributed by atoms with Gasteiger partial charge in [-0.05, 0) is 48.6 Å². The number of benzene rings is 2. The van der Waals surface area contributed by atoms with Crippen molar-refractivity contribution in [2.75, 3.05) is 18.0 Å². The third-order valence-corrected chi connectivity index (χ3v) is 5.74. The van der Waals surface area contributed by atoms with Crippen molar-refractivity contribution >= 4 is 23.4 Å². The highest BCUT2D eigenvalue weighted by Gasteiger charge is 2.36. The molecule has 2 aromatic rings. The summed E-state index contributed by atoms with van der Waals surface area (Å²) in [5.41, 5.74) is 3.27. The molecule has 2 aromatic carbocycles. The molecule has 2 aliphatic heterocycles. The lowest BCUT2D eigenvalue weighted by atomic mass is 9.91. The van der Waals surface area contributed by atoms with Gasteiger partial charge in [-0.1, -0.05) is 38.5 Å². The van der Waals surface area contributed by atoms with Crippen LogP contribution in [-0.2, 0) is 0 Å². The highest BCUT2D eigenvalue weighted by atomic mass is 16.2. The molecule has 28 heavy (non-hydrogen) atoms. The number of nitrogens with zero attached hydrogens (tertiary/aromatic N) is 2. The largest absolute Gasteiger partial charge is 0.308 e. The molecule has 0 radical (unpaired) electrons. The van der Waals surface area contributed by atoms with Crippen LogP contribution in [-0.4, -0.2) is 35.7 Å². The number of rotatable bonds is 4. The smallest absolute Gasteiger partial charge is 0.261 e. The molecule has 2 aliphatic rings. The maximum Gasteiger partial charge on any atom is 0.261 e. The van der Waals surface area contributed by atoms with Gasteiger partial charge in [-0.25, -0.2) is 0 Å². The van der Waals surface area contributed by atoms with Crippen LogP contribution in [0.2, 0.25) is 0 Å². The Hall–Kier alpha value is -2.95. The Labute approximate surface area is 164 Å². The highest BCUT2D eigenvalue weighted by Crippen LogP contribution is 2.36. The first-order valence-corrected chi connectivity index (χ1v) is 9.94. The number of anilines is 1. The number of imide groups is 1. The van der Waals surface area contributed by atoms with Gasteiger partial charge in [0, 0.05) is 24.3 Å². The molecule has 0 spiro atoms. The fourth-order valence-corrected chi connectivity index (χ4v) is 4.06. The zero-order valence-electron chi connectivity index (χ0n) is 16.3. The van der Waals surface area contributed by atoms with Gasteiger partial charge in [0.1, 0.15) is 0 Å². The third kappa shape index (κ3) is 2.91. The fourth-order valence-electron chi connectivity index (χ4n) is 4.06. The first-order chi connectivity index (χ1) is 13.5. The summed E-state index contributed by atoms with van der Waals surface area (Å²) >= 11 is 0. The molecule has 0 saturated carbocycles. The Morgan fingerprint density at radius 3 is 2.61 bits per heavy atom. The van der Waals surface area contributed by atoms with Crippen molar-refractivity contribution in [1.29, 1.82) is 0 Å². The first kappa shape index (κ1) is 18.4. The van der Waals surface area contributed by atoms with Crippen LogP contribution in [0.3, 0.4) is 0 Å². The Balaban J connectivity index is 1.65. The monoisotopic (exact) mass is 376 g/mol. The maximum atomic E-state index is 13.2. The molecule has 2 heterocycles. The van der Waals surface area contributed by atoms with E-state index in [0.29, 0.717) is 35.7 Å². The summed E-state index contributed by atoms with van der Waals surface area (Å²) in [5, 5.41) is 0. The zero-order valence-corrected chi connectivity index (χ0v) is 16.3. The predicted molar refractivity (Wildman–Crippen MR) is 108 cm³/mol. The van der Waals surface area contributed by atoms with Gasteiger partial charge < -0.3 is 4.90 Å². The summed E-state index contributed by atoms with van der Waals surface area (Å²) in [7, 11) is 0. The Kier molecular flexibility index (Phi) is 4.75. The molecule has 3 amide bonds. The molecule has 5 nitrogen and oxygen atoms in total. The van der Waals surface area contributed by atoms with Crippen LogP contribution in [0.1, 0.15) is 75.7 Å². The number of fused-ring (bicyclic) bond motifs is 2. The minimum Gasteiger partial charge on any atom is -0.308 e. The first-order valence-electron chi connectivity index (χ1n) is 9.94. The van der Waals surface area contributed by atoms with Crippen LogP contribution < -0.4 is 4.90 Å². The van der Waals surface area contributed by atoms with E-state index in [4.69, 9.17) is 0 Å². The lowest BCUT2D eigenvalue weighted by molar-refractivity contribution is 0.0652. The van der Waals surface area contributed by atoms with Crippen LogP contribution in [0.25, 0.3) is 0 Å². The SMILES string of the molecule is CCCCN1C(=O)c2ccc(C(=O)N3CCC(C)c4ccccc43)cc2C1=O. The van der Waals surface area contributed by atoms with Gasteiger partial charge >= 0.3 is 0 Å². The fraction of sp³-hybridized carbons (Fsp3) is 0.348. The number of carbonyl (C=O) groups is 3. The number of hydrogen-bond acceptors (Lipinski definition) is 3. The summed E-state index contributed by atoms with van der Waals surface area (Å²) in [5.74, 6) is -0.277. The number of amides is 3. The van der Waals surface area contributed by atoms with Crippen molar-refractivity contribution in [3.63, 3.8) is 0 Å². The van der Waals surface area contributed by atoms with E-state index in [-0.39, 0.29) is 17.7 Å². The molecule has 5 heteroatoms. The van der Waals surface area contributed by atoms with Gasteiger partial charge in [0.2, 0.25) is 0 Å². The van der Waals surface area contributed by atoms with E-state index in [2.05, 4.69) is 13.0 Å². The van der Waals surface area contributed by atoms with E-state index >= 15 is 0 Å². The van der Waals surface area contributed by atoms with Crippen molar-refractivity contribution in [1.82, 2.24) is 4.90 Å². The average Bonchev–Trinajstić information content (AvgIpc) is 2.96. The van der Waals surface area contributed by atoms with E-state index in [1.165, 1.54) is 10.5 Å². The van der Waals surface area contributed by atoms with E-state index in [1.54, 1.807) is 23.1 Å². The van der Waals surface area contributed by atoms with E-state index in [1.807, 2.05) is 25.1 Å². The second kappa shape index (κ2) is 7.23. The molecule has 4 rings (SSSR count). The summed E-state index contributed by atoms with van der Waals surface area (Å²) in [6, 6.07) is 12.8. The normalized spacial score (nSPS) is 18.3. The van der Waals surface area contributed by atoms with Crippen LogP contribution >= 0.6 is 0 Å². The molecule has 0 saturated heterocycles. The van der Waals surface area contributed by atoms with Crippen molar-refractivity contribution in [3.8, 4) is 0 Å². The minimum absolute atomic E-state index is 0.130. The molecule has 0 aliphatic carbocycles. The van der Waals surface area contributed by atoms with E-state index < -0.39 is 0 Å². The second-order valence-electron chi connectivity index (χ2n) is 7.58. The molecule has 0 fully saturated rings. The van der Waals surface area contributed by atoms with Crippen LogP contribution in [0, 0.1) is 0 Å². The van der Waals surface area contributed by atoms with Crippen LogP contribution in [0.5, 0.6) is 0 Å². The van der Waals surface area contributed by atoms with Gasteiger partial charge in [0.15, 0.2) is 0 Å². The molecule has 0 bridgehead atoms. The van der Waals surface area contributed by atoms with Gasteiger partial charge in [-0.15, -0.1) is 0 Å². The molecule has 1 unspecified atom stereocenters. The van der Waals surface area contributed by atoms with Crippen molar-refractivity contribution in [3.05, 3.63) is 64.7 Å². The predicted octanol–water partition coefficient (Wildman–Crippen LogP) is 4.24. The summed E-state index contributed by atoms with van der Waals surface area (Å²) < 4.78 is 0. The lowest BCUT2D eigenvalue weighted by Gasteiger charge is -2.33. The topological polar surface area (TPSA) is 57.7 Å². The lowest BCUT2D eigenvalue weighted by Crippen LogP contribution is -2.36. The van der Waals surface area contributed by atoms with Gasteiger partial charge in [-0.2, -0.15) is 0 Å². The molecule has 0 aromatic heterocycles. The standard InChI is InChI=1S/C23H24N2O3/c1-3-4-12-25-22(27)18-10-9-16(14-19(18)23(25)28)21(26)24-13-11-15(2)17-7-5-6-8-20(17)24/h5-10,14-15H,3-4,11-13H2,1-2H3. The molecule has 1 atom stereocenters. The van der Waals surface area contributed by atoms with Crippen LogP contribution in [0.4, 0.5) is 5.69 Å². The second-order valence-corrected chi connectivity index (χ2v) is 7.58. The Bertz CT molecular complexity index is 966. The molecule has 0 N–H and O–H groups in total. The van der Waals surface area contributed by atoms with Crippen LogP contribution in [0.15, 0.2) is 42.5 Å². The van der Waals surface area contributed by atoms with Crippen molar-refractivity contribution in [2.24, 2.45) is 0 Å². The number of unbranched alkanes of at least 4 members (excludes halogenated alkanes) is 1. The van der Waals surface area contributed by atoms with Gasteiger partial charge in [0.05, 0.1) is 11.1 Å². The summed E-state index contributed by atoms with van der Waals surface area (Å²) in [4.78, 5) is 41.5. The van der Waals surface area contributed by atoms with E-state index in [9.17, 15) is 14.4 Å². The third-order valence-electron chi connectivity index (χ3n) is 5.74. The Morgan fingerprint density at radius 1 is 1.07 bits per heavy atom. The van der Waals surface area contributed by atoms with E-state index in [0.717, 1.165) is 24.9 Å². The Morgan fingerprint density at radius 2 is 1.82 bits per heavy atom. The number of hydrogen-bond donors (Lipinski definition) is 0. The molecular formula is C23H24N2O3. The summed E-state index contributed by atoms with van der Waals surface area (Å²) in [6.07, 6.45) is 2.58. The highest BCUT2D eigenvalue weighted by molar-refractivity contribution is 6.22. The molecule has 144 valence electrons. The zero-order chi connectivity index (χ0) is 19.8. The average molecular weight is 376 g/mol. The number of para-hydroxylation sites is 1. The maximum absolute atomic E-state index is 13.2. The van der Waals surface area contributed by atoms with Gasteiger partial charge in [0.25, 0.3) is 17.7 Å². The minimum atomic E-state index is -0.296. The molecular weight excluding hydrogens is 352 g/mol. The number of carbonyl (C=O) groups excluding carboxylic acids is 3. The quantitative estimate of drug-likeness (QED) is 0.750. The van der Waals surface area contributed by atoms with Crippen molar-refractivity contribution in [2.45, 2.75) is 39.0 Å². The van der Waals surface area contributed by atoms with Crippen molar-refractivity contribution < 1.29 is 14.4 Å². The summed E-state index contributed by atoms with van der Waals surface area (Å²) in [6.45, 7) is 5.25.